The van der Waals surface area contributed by atoms with Gasteiger partial charge in [-0.3, -0.25) is 0 Å². The molecule has 26 heteroatoms. The predicted molar refractivity (Wildman–Crippen MR) is 292 cm³/mol. The van der Waals surface area contributed by atoms with Gasteiger partial charge in [-0.05, 0) is 67.1 Å². The number of nitriles is 8. The first-order chi connectivity index (χ1) is 41.2. The zero-order valence-electron chi connectivity index (χ0n) is 41.9. The lowest BCUT2D eigenvalue weighted by Crippen LogP contribution is -2.47. The van der Waals surface area contributed by atoms with Crippen molar-refractivity contribution in [2.24, 2.45) is 30.0 Å². The number of hydrogen-bond donors (Lipinski definition) is 0. The lowest BCUT2D eigenvalue weighted by atomic mass is 9.95. The Bertz CT molecular complexity index is 4680. The van der Waals surface area contributed by atoms with Gasteiger partial charge >= 0.3 is 17.9 Å². The number of nitrogens with zero attached hydrogens (tertiary/aromatic N) is 22. The summed E-state index contributed by atoms with van der Waals surface area (Å²) in [4.78, 5) is 45.4. The Kier molecular flexibility index (Phi) is 16.9. The molecule has 5 aromatic rings. The number of fused-ring (bicyclic) bond motifs is 6. The number of aliphatic imine (C=N–C) groups is 6. The van der Waals surface area contributed by atoms with Gasteiger partial charge in [0.25, 0.3) is 34.2 Å². The third kappa shape index (κ3) is 10.6. The minimum Gasteiger partial charge on any atom is -0.394 e. The number of halogens is 4. The Morgan fingerprint density at radius 3 is 0.988 bits per heavy atom. The van der Waals surface area contributed by atoms with Crippen LogP contribution in [0.15, 0.2) is 126 Å². The summed E-state index contributed by atoms with van der Waals surface area (Å²) < 4.78 is 54.6. The molecule has 3 heterocycles. The fourth-order valence-electron chi connectivity index (χ4n) is 8.25. The van der Waals surface area contributed by atoms with E-state index in [2.05, 4.69) is 63.9 Å². The monoisotopic (exact) mass is 1110 g/mol. The highest BCUT2D eigenvalue weighted by Crippen LogP contribution is 2.53. The fourth-order valence-corrected chi connectivity index (χ4v) is 8.25. The van der Waals surface area contributed by atoms with Gasteiger partial charge in [-0.15, -0.1) is 16.6 Å². The lowest BCUT2D eigenvalue weighted by molar-refractivity contribution is 0.434. The topological polar surface area (TPSA) is 298 Å². The molecule has 5 aromatic carbocycles. The summed E-state index contributed by atoms with van der Waals surface area (Å²) in [6.45, 7) is 48.5. The normalized spacial score (nSPS) is 13.2. The molecule has 5 aliphatic rings. The number of allylic oxidation sites excluding steroid dienone is 2. The molecule has 22 nitrogen and oxygen atoms in total. The van der Waals surface area contributed by atoms with Crippen molar-refractivity contribution in [3.63, 3.8) is 0 Å². The number of guanidine groups is 4. The summed E-state index contributed by atoms with van der Waals surface area (Å²) in [6, 6.07) is 38.9. The molecule has 2 aliphatic carbocycles. The van der Waals surface area contributed by atoms with Gasteiger partial charge in [0.2, 0.25) is 17.6 Å². The molecule has 0 fully saturated rings. The minimum atomic E-state index is -2.01. The van der Waals surface area contributed by atoms with Crippen molar-refractivity contribution in [3.05, 3.63) is 243 Å². The zero-order chi connectivity index (χ0) is 61.6. The summed E-state index contributed by atoms with van der Waals surface area (Å²) in [7, 11) is 0. The van der Waals surface area contributed by atoms with Gasteiger partial charge in [-0.1, -0.05) is 72.8 Å². The Labute approximate surface area is 475 Å². The maximum Gasteiger partial charge on any atom is 0.378 e. The van der Waals surface area contributed by atoms with Gasteiger partial charge in [-0.2, -0.15) is 35.4 Å². The van der Waals surface area contributed by atoms with E-state index >= 15 is 0 Å². The zero-order valence-corrected chi connectivity index (χ0v) is 41.9. The van der Waals surface area contributed by atoms with Gasteiger partial charge < -0.3 is 4.85 Å². The third-order valence-electron chi connectivity index (χ3n) is 11.7. The Morgan fingerprint density at radius 2 is 0.682 bits per heavy atom. The summed E-state index contributed by atoms with van der Waals surface area (Å²) in [6.07, 6.45) is 0. The predicted octanol–water partition coefficient (Wildman–Crippen LogP) is 7.70. The van der Waals surface area contributed by atoms with E-state index in [-0.39, 0.29) is 58.3 Å². The number of amidine groups is 2. The van der Waals surface area contributed by atoms with Crippen LogP contribution in [0.1, 0.15) is 22.3 Å². The second-order valence-corrected chi connectivity index (χ2v) is 16.0. The SMILES string of the molecule is [C-]#[N+]/C(C#N)=C1/c2ccccc2-c2cc3c(cc21)-c1ccccc1/C3=C(/C#N)[N+]#[C-].[C-]#[N+]C(C#N)=c1c(F)c(F)c(=C(C#N)[N+]#[C-])c(F)c1F.[C-]#[N+]C(C#N)=c1ccc(=C(C#N)[N+]#[C-])cc1.[C-]#[N+]C1=NC2=NC(C#N)=NC3=NC(C#N)=NC(=N1)N32. The molecule has 0 N–H and O–H groups in total. The number of rotatable bonds is 0. The van der Waals surface area contributed by atoms with Crippen LogP contribution in [0.25, 0.3) is 90.1 Å². The first-order valence-electron chi connectivity index (χ1n) is 22.7. The lowest BCUT2D eigenvalue weighted by Gasteiger charge is -2.24. The molecule has 0 spiro atoms. The van der Waals surface area contributed by atoms with E-state index in [1.807, 2.05) is 72.8 Å². The first-order valence-corrected chi connectivity index (χ1v) is 22.7. The maximum atomic E-state index is 13.6. The van der Waals surface area contributed by atoms with Crippen molar-refractivity contribution in [2.75, 3.05) is 0 Å². The summed E-state index contributed by atoms with van der Waals surface area (Å²) in [5.74, 6) is -8.48. The molecule has 388 valence electrons. The van der Waals surface area contributed by atoms with Crippen LogP contribution in [0, 0.1) is 160 Å². The molecule has 0 saturated heterocycles. The van der Waals surface area contributed by atoms with Gasteiger partial charge in [0.05, 0.1) is 86.3 Å². The van der Waals surface area contributed by atoms with Crippen LogP contribution < -0.4 is 20.9 Å². The standard InChI is InChI=1S/C26H10N4.C12F4N4.C12H4N4.C9N10/c1-29-23(13-27)25-17-9-5-3-7-15(17)19-12-22-20(11-21(19)25)16-8-4-6-10-18(16)26(22)24(14-28)30-2;1-19-5(3-17)7-9(13)11(15)8(6(4-18)20-2)12(16)10(7)14;1-15-11(7-13)9-3-5-10(6-4-9)12(8-14)16-2;1-12-6-17-8-15-4(2-10)13-7-14-5(3-11)16-9(18-6)19(7)8/h3-12H;;3-6H;/b25-23-,26-24+;;;. The average Bonchev–Trinajstić information content (AvgIpc) is 1.74. The van der Waals surface area contributed by atoms with Crippen LogP contribution in [0.5, 0.6) is 0 Å². The second kappa shape index (κ2) is 25.0. The van der Waals surface area contributed by atoms with Crippen molar-refractivity contribution in [2.45, 2.75) is 0 Å². The smallest absolute Gasteiger partial charge is 0.378 e. The van der Waals surface area contributed by atoms with E-state index in [1.165, 1.54) is 4.90 Å². The number of benzene rings is 5. The molecule has 0 aromatic heterocycles. The quantitative estimate of drug-likeness (QED) is 0.0621. The Hall–Kier alpha value is -15.1. The van der Waals surface area contributed by atoms with E-state index < -0.39 is 45.1 Å². The molecule has 10 rings (SSSR count). The average molecular weight is 1110 g/mol. The van der Waals surface area contributed by atoms with Crippen LogP contribution in [0.3, 0.4) is 0 Å². The van der Waals surface area contributed by atoms with E-state index in [1.54, 1.807) is 48.5 Å². The van der Waals surface area contributed by atoms with Crippen LogP contribution in [-0.2, 0) is 0 Å². The molecular formula is C59H14F4N22. The molecular weight excluding hydrogens is 1090 g/mol. The highest BCUT2D eigenvalue weighted by molar-refractivity contribution is 6.33. The largest absolute Gasteiger partial charge is 0.394 e. The van der Waals surface area contributed by atoms with E-state index in [9.17, 15) is 28.1 Å². The summed E-state index contributed by atoms with van der Waals surface area (Å²) in [5.41, 5.74) is 6.08. The van der Waals surface area contributed by atoms with Gasteiger partial charge in [0, 0.05) is 11.1 Å². The molecule has 0 bridgehead atoms. The molecule has 0 amide bonds. The van der Waals surface area contributed by atoms with Crippen LogP contribution in [0.4, 0.5) is 17.6 Å². The van der Waals surface area contributed by atoms with E-state index in [0.29, 0.717) is 21.6 Å². The first kappa shape index (κ1) is 57.7. The van der Waals surface area contributed by atoms with Crippen molar-refractivity contribution < 1.29 is 17.6 Å². The molecule has 0 unspecified atom stereocenters. The third-order valence-corrected chi connectivity index (χ3v) is 11.7. The maximum absolute atomic E-state index is 13.6. The van der Waals surface area contributed by atoms with E-state index in [4.69, 9.17) is 77.6 Å². The Balaban J connectivity index is 0.000000168. The molecule has 0 atom stereocenters. The molecule has 3 aliphatic heterocycles. The molecule has 85 heavy (non-hydrogen) atoms. The minimum absolute atomic E-state index is 0.00660. The fraction of sp³-hybridized carbons (Fsp3) is 0. The van der Waals surface area contributed by atoms with Crippen molar-refractivity contribution >= 4 is 69.4 Å². The highest BCUT2D eigenvalue weighted by atomic mass is 19.2. The van der Waals surface area contributed by atoms with Crippen molar-refractivity contribution in [1.29, 1.82) is 42.1 Å². The van der Waals surface area contributed by atoms with Crippen LogP contribution in [-0.4, -0.2) is 40.4 Å². The summed E-state index contributed by atoms with van der Waals surface area (Å²) >= 11 is 0. The van der Waals surface area contributed by atoms with Gasteiger partial charge in [0.1, 0.15) is 12.1 Å². The van der Waals surface area contributed by atoms with Crippen molar-refractivity contribution in [1.82, 2.24) is 4.90 Å². The van der Waals surface area contributed by atoms with Crippen molar-refractivity contribution in [3.8, 4) is 70.8 Å². The van der Waals surface area contributed by atoms with E-state index in [0.717, 1.165) is 56.6 Å². The Morgan fingerprint density at radius 1 is 0.365 bits per heavy atom. The second-order valence-electron chi connectivity index (χ2n) is 16.0. The van der Waals surface area contributed by atoms with Crippen LogP contribution in [0.2, 0.25) is 0 Å². The number of hydrogen-bond acceptors (Lipinski definition) is 15. The molecule has 0 saturated carbocycles. The molecule has 0 radical (unpaired) electrons. The van der Waals surface area contributed by atoms with Gasteiger partial charge in [-0.25, -0.2) is 78.2 Å². The van der Waals surface area contributed by atoms with Crippen LogP contribution >= 0.6 is 0 Å². The van der Waals surface area contributed by atoms with Gasteiger partial charge in [0.15, 0.2) is 23.3 Å². The highest BCUT2D eigenvalue weighted by Gasteiger charge is 2.38. The summed E-state index contributed by atoms with van der Waals surface area (Å²) in [5, 5.41) is 69.1.